The number of rotatable bonds is 3. The molecule has 0 saturated carbocycles. The fraction of sp³-hybridized carbons (Fsp3) is 0.250. The highest BCUT2D eigenvalue weighted by Crippen LogP contribution is 2.26. The number of nitrogens with zero attached hydrogens (tertiary/aromatic N) is 3. The quantitative estimate of drug-likeness (QED) is 0.354. The smallest absolute Gasteiger partial charge is 0.261 e. The average molecular weight is 402 g/mol. The largest absolute Gasteiger partial charge is 0.398 e. The minimum absolute atomic E-state index is 0. The van der Waals surface area contributed by atoms with Crippen LogP contribution in [0.5, 0.6) is 0 Å². The van der Waals surface area contributed by atoms with Crippen molar-refractivity contribution in [1.29, 1.82) is 5.41 Å². The number of aryl methyl sites for hydroxylation is 1. The summed E-state index contributed by atoms with van der Waals surface area (Å²) in [5.74, 6) is -2.60. The normalized spacial score (nSPS) is 13.8. The molecule has 0 unspecified atom stereocenters. The van der Waals surface area contributed by atoms with Crippen molar-refractivity contribution >= 4 is 34.0 Å². The molecule has 3 aromatic rings. The highest BCUT2D eigenvalue weighted by Gasteiger charge is 2.23. The molecular weight excluding hydrogens is 378 g/mol. The highest BCUT2D eigenvalue weighted by molar-refractivity contribution is 6.08. The Morgan fingerprint density at radius 3 is 2.72 bits per heavy atom. The zero-order valence-electron chi connectivity index (χ0n) is 15.8. The van der Waals surface area contributed by atoms with Gasteiger partial charge in [-0.15, -0.1) is 0 Å². The van der Waals surface area contributed by atoms with E-state index in [1.165, 1.54) is 16.9 Å². The zero-order chi connectivity index (χ0) is 20.7. The number of amides is 1. The van der Waals surface area contributed by atoms with Crippen molar-refractivity contribution < 1.29 is 16.4 Å². The molecule has 1 aliphatic heterocycles. The van der Waals surface area contributed by atoms with Crippen LogP contribution in [0.1, 0.15) is 31.6 Å². The average Bonchev–Trinajstić information content (AvgIpc) is 3.34. The monoisotopic (exact) mass is 402 g/mol. The summed E-state index contributed by atoms with van der Waals surface area (Å²) in [6, 6.07) is 5.73. The molecule has 7 nitrogen and oxygen atoms in total. The maximum Gasteiger partial charge on any atom is 0.261 e. The van der Waals surface area contributed by atoms with Crippen LogP contribution in [-0.2, 0) is 7.05 Å². The van der Waals surface area contributed by atoms with Crippen molar-refractivity contribution in [3.05, 3.63) is 53.2 Å². The number of nitrogens with one attached hydrogen (secondary N) is 2. The molecule has 1 amide bonds. The van der Waals surface area contributed by atoms with E-state index >= 15 is 0 Å². The van der Waals surface area contributed by atoms with Crippen molar-refractivity contribution in [2.24, 2.45) is 7.05 Å². The third-order valence-corrected chi connectivity index (χ3v) is 5.16. The molecule has 4 rings (SSSR count). The molecular formula is C20H24F2N6O. The van der Waals surface area contributed by atoms with Gasteiger partial charge in [-0.1, -0.05) is 0 Å². The van der Waals surface area contributed by atoms with Crippen LogP contribution in [0.3, 0.4) is 0 Å². The topological polar surface area (TPSA) is 100 Å². The first kappa shape index (κ1) is 18.9. The summed E-state index contributed by atoms with van der Waals surface area (Å²) in [4.78, 5) is 14.5. The van der Waals surface area contributed by atoms with Gasteiger partial charge in [0.05, 0.1) is 17.1 Å². The maximum absolute atomic E-state index is 14.8. The van der Waals surface area contributed by atoms with E-state index in [4.69, 9.17) is 11.1 Å². The van der Waals surface area contributed by atoms with E-state index in [0.717, 1.165) is 32.0 Å². The van der Waals surface area contributed by atoms with Gasteiger partial charge < -0.3 is 16.0 Å². The van der Waals surface area contributed by atoms with E-state index < -0.39 is 23.1 Å². The van der Waals surface area contributed by atoms with Gasteiger partial charge in [0.2, 0.25) is 0 Å². The first-order chi connectivity index (χ1) is 13.9. The van der Waals surface area contributed by atoms with Gasteiger partial charge in [0.25, 0.3) is 5.91 Å². The number of hydrogen-bond donors (Lipinski definition) is 3. The van der Waals surface area contributed by atoms with Gasteiger partial charge in [0.1, 0.15) is 23.0 Å². The number of carbonyl (C=O) groups excluding carboxylic acids is 1. The molecule has 0 bridgehead atoms. The Balaban J connectivity index is 0.00000171. The number of benzene rings is 2. The standard InChI is InChI=1S/C20H20F2N6O.2H2/c1-27-16-9-14(21)17(18(22)13(16)10-25-27)20(29)26-11-4-5-15(23)12(8-11)19(24)28-6-2-3-7-28;;/h4-5,8-10,24H,2-3,6-7,23H2,1H3,(H,26,29);2*1H. The molecule has 1 aliphatic rings. The van der Waals surface area contributed by atoms with Crippen LogP contribution >= 0.6 is 0 Å². The van der Waals surface area contributed by atoms with Crippen molar-refractivity contribution in [3.8, 4) is 0 Å². The minimum atomic E-state index is -0.975. The van der Waals surface area contributed by atoms with Crippen molar-refractivity contribution in [2.75, 3.05) is 24.1 Å². The van der Waals surface area contributed by atoms with Gasteiger partial charge in [-0.05, 0) is 31.0 Å². The number of fused-ring (bicyclic) bond motifs is 1. The van der Waals surface area contributed by atoms with E-state index in [9.17, 15) is 13.6 Å². The molecule has 1 fully saturated rings. The zero-order valence-corrected chi connectivity index (χ0v) is 15.8. The van der Waals surface area contributed by atoms with Crippen LogP contribution in [0.2, 0.25) is 0 Å². The minimum Gasteiger partial charge on any atom is -0.398 e. The van der Waals surface area contributed by atoms with Gasteiger partial charge in [0, 0.05) is 46.0 Å². The van der Waals surface area contributed by atoms with E-state index in [0.29, 0.717) is 16.9 Å². The molecule has 1 aromatic heterocycles. The molecule has 9 heteroatoms. The predicted octanol–water partition coefficient (Wildman–Crippen LogP) is 3.60. The fourth-order valence-corrected chi connectivity index (χ4v) is 3.57. The van der Waals surface area contributed by atoms with Crippen molar-refractivity contribution in [3.63, 3.8) is 0 Å². The van der Waals surface area contributed by atoms with Crippen LogP contribution in [0.4, 0.5) is 20.2 Å². The molecule has 2 aromatic carbocycles. The third kappa shape index (κ3) is 3.28. The second kappa shape index (κ2) is 7.16. The number of likely N-dealkylation sites (tertiary alicyclic amines) is 1. The number of anilines is 2. The second-order valence-electron chi connectivity index (χ2n) is 7.05. The summed E-state index contributed by atoms with van der Waals surface area (Å²) in [6.45, 7) is 1.55. The molecule has 29 heavy (non-hydrogen) atoms. The lowest BCUT2D eigenvalue weighted by atomic mass is 10.1. The summed E-state index contributed by atoms with van der Waals surface area (Å²) in [5.41, 5.74) is 6.74. The molecule has 1 saturated heterocycles. The lowest BCUT2D eigenvalue weighted by molar-refractivity contribution is 0.101. The first-order valence-corrected chi connectivity index (χ1v) is 9.21. The number of aromatic nitrogens is 2. The molecule has 0 atom stereocenters. The Hall–Kier alpha value is -3.49. The fourth-order valence-electron chi connectivity index (χ4n) is 3.57. The molecule has 0 radical (unpaired) electrons. The number of amidine groups is 1. The van der Waals surface area contributed by atoms with Gasteiger partial charge in [-0.2, -0.15) is 5.10 Å². The number of nitrogens with two attached hydrogens (primary N) is 1. The van der Waals surface area contributed by atoms with E-state index in [2.05, 4.69) is 10.4 Å². The summed E-state index contributed by atoms with van der Waals surface area (Å²) in [6.07, 6.45) is 3.27. The summed E-state index contributed by atoms with van der Waals surface area (Å²) < 4.78 is 30.6. The SMILES string of the molecule is Cn1ncc2c(F)c(C(=O)Nc3ccc(N)c(C(=N)N4CCCC4)c3)c(F)cc21.[HH].[HH]. The van der Waals surface area contributed by atoms with E-state index in [1.54, 1.807) is 19.2 Å². The van der Waals surface area contributed by atoms with Gasteiger partial charge in [0.15, 0.2) is 0 Å². The number of halogens is 2. The van der Waals surface area contributed by atoms with Crippen LogP contribution in [0, 0.1) is 17.0 Å². The Kier molecular flexibility index (Phi) is 4.65. The Morgan fingerprint density at radius 2 is 2.00 bits per heavy atom. The summed E-state index contributed by atoms with van der Waals surface area (Å²) in [5, 5.41) is 14.8. The highest BCUT2D eigenvalue weighted by atomic mass is 19.1. The van der Waals surface area contributed by atoms with Crippen molar-refractivity contribution in [2.45, 2.75) is 12.8 Å². The van der Waals surface area contributed by atoms with Crippen LogP contribution < -0.4 is 11.1 Å². The summed E-state index contributed by atoms with van der Waals surface area (Å²) in [7, 11) is 1.56. The number of nitrogen functional groups attached to an aromatic ring is 1. The van der Waals surface area contributed by atoms with Crippen molar-refractivity contribution in [1.82, 2.24) is 14.7 Å². The van der Waals surface area contributed by atoms with Gasteiger partial charge in [-0.25, -0.2) is 8.78 Å². The van der Waals surface area contributed by atoms with Gasteiger partial charge >= 0.3 is 0 Å². The second-order valence-corrected chi connectivity index (χ2v) is 7.05. The molecule has 0 aliphatic carbocycles. The summed E-state index contributed by atoms with van der Waals surface area (Å²) >= 11 is 0. The molecule has 2 heterocycles. The Labute approximate surface area is 168 Å². The van der Waals surface area contributed by atoms with Crippen LogP contribution in [-0.4, -0.2) is 39.5 Å². The van der Waals surface area contributed by atoms with E-state index in [-0.39, 0.29) is 19.6 Å². The molecule has 0 spiro atoms. The predicted molar refractivity (Wildman–Crippen MR) is 111 cm³/mol. The first-order valence-electron chi connectivity index (χ1n) is 9.21. The lowest BCUT2D eigenvalue weighted by Crippen LogP contribution is -2.28. The number of hydrogen-bond acceptors (Lipinski definition) is 4. The maximum atomic E-state index is 14.8. The van der Waals surface area contributed by atoms with Crippen LogP contribution in [0.25, 0.3) is 10.9 Å². The number of carbonyl (C=O) groups is 1. The third-order valence-electron chi connectivity index (χ3n) is 5.16. The molecule has 154 valence electrons. The Bertz CT molecular complexity index is 1140. The Morgan fingerprint density at radius 1 is 1.28 bits per heavy atom. The van der Waals surface area contributed by atoms with Crippen LogP contribution in [0.15, 0.2) is 30.5 Å². The lowest BCUT2D eigenvalue weighted by Gasteiger charge is -2.20. The van der Waals surface area contributed by atoms with Gasteiger partial charge in [-0.3, -0.25) is 14.9 Å². The van der Waals surface area contributed by atoms with E-state index in [1.807, 2.05) is 4.90 Å². The molecule has 4 N–H and O–H groups in total.